The second kappa shape index (κ2) is 9.62. The number of rotatable bonds is 5. The minimum absolute atomic E-state index is 0.0484. The number of aromatic nitrogens is 2. The fraction of sp³-hybridized carbons (Fsp3) is 0.370. The molecule has 1 saturated heterocycles. The van der Waals surface area contributed by atoms with E-state index in [9.17, 15) is 4.79 Å². The molecule has 0 saturated carbocycles. The molecule has 0 atom stereocenters. The largest absolute Gasteiger partial charge is 0.373 e. The van der Waals surface area contributed by atoms with Crippen molar-refractivity contribution in [2.75, 3.05) is 20.2 Å². The minimum Gasteiger partial charge on any atom is -0.373 e. The van der Waals surface area contributed by atoms with Crippen molar-refractivity contribution in [3.63, 3.8) is 0 Å². The third-order valence-corrected chi connectivity index (χ3v) is 6.87. The number of pyridine rings is 2. The van der Waals surface area contributed by atoms with Gasteiger partial charge in [0.15, 0.2) is 0 Å². The van der Waals surface area contributed by atoms with Gasteiger partial charge in [0.2, 0.25) is 0 Å². The summed E-state index contributed by atoms with van der Waals surface area (Å²) < 4.78 is 5.58. The lowest BCUT2D eigenvalue weighted by atomic mass is 9.97. The van der Waals surface area contributed by atoms with E-state index in [-0.39, 0.29) is 5.91 Å². The third-order valence-electron chi connectivity index (χ3n) is 6.56. The zero-order chi connectivity index (χ0) is 23.6. The van der Waals surface area contributed by atoms with Gasteiger partial charge in [-0.15, -0.1) is 0 Å². The summed E-state index contributed by atoms with van der Waals surface area (Å²) in [6, 6.07) is 11.6. The summed E-state index contributed by atoms with van der Waals surface area (Å²) in [5, 5.41) is 0.543. The normalized spacial score (nSPS) is 15.0. The summed E-state index contributed by atoms with van der Waals surface area (Å²) >= 11 is 6.65. The second-order valence-electron chi connectivity index (χ2n) is 9.28. The number of benzene rings is 1. The van der Waals surface area contributed by atoms with Gasteiger partial charge in [0.25, 0.3) is 5.91 Å². The minimum atomic E-state index is -0.487. The Hall–Kier alpha value is -2.76. The number of carbonyl (C=O) groups is 1. The number of nitrogens with zero attached hydrogens (tertiary/aromatic N) is 3. The van der Waals surface area contributed by atoms with Crippen LogP contribution >= 0.6 is 11.6 Å². The van der Waals surface area contributed by atoms with Gasteiger partial charge < -0.3 is 9.64 Å². The van der Waals surface area contributed by atoms with Crippen molar-refractivity contribution in [1.29, 1.82) is 0 Å². The summed E-state index contributed by atoms with van der Waals surface area (Å²) in [5.41, 5.74) is 4.69. The Bertz CT molecular complexity index is 1150. The quantitative estimate of drug-likeness (QED) is 0.450. The van der Waals surface area contributed by atoms with Crippen molar-refractivity contribution in [1.82, 2.24) is 14.9 Å². The van der Waals surface area contributed by atoms with Gasteiger partial charge in [0.1, 0.15) is 5.60 Å². The van der Waals surface area contributed by atoms with Crippen LogP contribution in [0.1, 0.15) is 49.7 Å². The lowest BCUT2D eigenvalue weighted by Crippen LogP contribution is -2.37. The van der Waals surface area contributed by atoms with Gasteiger partial charge in [-0.05, 0) is 68.5 Å². The van der Waals surface area contributed by atoms with Crippen LogP contribution in [0.15, 0.2) is 55.0 Å². The van der Waals surface area contributed by atoms with E-state index in [4.69, 9.17) is 16.3 Å². The fourth-order valence-corrected chi connectivity index (χ4v) is 4.36. The van der Waals surface area contributed by atoms with E-state index in [1.807, 2.05) is 49.2 Å². The molecular formula is C27H30ClN3O2. The lowest BCUT2D eigenvalue weighted by molar-refractivity contribution is 0.0155. The molecule has 0 unspecified atom stereocenters. The molecule has 1 fully saturated rings. The van der Waals surface area contributed by atoms with E-state index >= 15 is 0 Å². The SMILES string of the molecule is COC(C)(C)c1cc(-c2cncc(-c3ccc(C(=O)N4CCC(C)CC4)cc3Cl)c2)ccn1. The van der Waals surface area contributed by atoms with Crippen LogP contribution in [0.3, 0.4) is 0 Å². The first-order valence-electron chi connectivity index (χ1n) is 11.3. The van der Waals surface area contributed by atoms with E-state index in [0.717, 1.165) is 53.9 Å². The molecule has 1 aliphatic rings. The van der Waals surface area contributed by atoms with Crippen LogP contribution in [0.2, 0.25) is 5.02 Å². The van der Waals surface area contributed by atoms with Crippen LogP contribution in [-0.2, 0) is 10.3 Å². The molecule has 0 bridgehead atoms. The highest BCUT2D eigenvalue weighted by Gasteiger charge is 2.23. The van der Waals surface area contributed by atoms with Crippen molar-refractivity contribution >= 4 is 17.5 Å². The van der Waals surface area contributed by atoms with Crippen LogP contribution in [0.5, 0.6) is 0 Å². The molecule has 1 aliphatic heterocycles. The number of ether oxygens (including phenoxy) is 1. The van der Waals surface area contributed by atoms with Crippen LogP contribution in [0, 0.1) is 5.92 Å². The molecule has 1 aromatic carbocycles. The first-order valence-corrected chi connectivity index (χ1v) is 11.7. The smallest absolute Gasteiger partial charge is 0.253 e. The summed E-state index contributed by atoms with van der Waals surface area (Å²) in [5.74, 6) is 0.726. The number of halogens is 1. The zero-order valence-corrected chi connectivity index (χ0v) is 20.4. The molecule has 172 valence electrons. The lowest BCUT2D eigenvalue weighted by Gasteiger charge is -2.30. The van der Waals surface area contributed by atoms with Gasteiger partial charge in [0.05, 0.1) is 5.69 Å². The number of hydrogen-bond donors (Lipinski definition) is 0. The molecule has 0 N–H and O–H groups in total. The first kappa shape index (κ1) is 23.4. The molecule has 4 rings (SSSR count). The highest BCUT2D eigenvalue weighted by atomic mass is 35.5. The van der Waals surface area contributed by atoms with E-state index in [0.29, 0.717) is 16.5 Å². The molecule has 2 aromatic heterocycles. The maximum atomic E-state index is 12.9. The van der Waals surface area contributed by atoms with Crippen molar-refractivity contribution in [2.24, 2.45) is 5.92 Å². The van der Waals surface area contributed by atoms with E-state index < -0.39 is 5.60 Å². The molecule has 3 heterocycles. The highest BCUT2D eigenvalue weighted by Crippen LogP contribution is 2.33. The molecular weight excluding hydrogens is 434 g/mol. The molecule has 6 heteroatoms. The van der Waals surface area contributed by atoms with Gasteiger partial charge in [-0.2, -0.15) is 0 Å². The average Bonchev–Trinajstić information content (AvgIpc) is 2.84. The van der Waals surface area contributed by atoms with Crippen LogP contribution < -0.4 is 0 Å². The van der Waals surface area contributed by atoms with Gasteiger partial charge >= 0.3 is 0 Å². The number of amides is 1. The van der Waals surface area contributed by atoms with Crippen molar-refractivity contribution in [3.05, 3.63) is 71.3 Å². The third kappa shape index (κ3) is 5.10. The molecule has 0 aliphatic carbocycles. The number of hydrogen-bond acceptors (Lipinski definition) is 4. The molecule has 5 nitrogen and oxygen atoms in total. The summed E-state index contributed by atoms with van der Waals surface area (Å²) in [6.07, 6.45) is 7.50. The van der Waals surface area contributed by atoms with Gasteiger partial charge in [-0.25, -0.2) is 0 Å². The van der Waals surface area contributed by atoms with E-state index in [2.05, 4.69) is 23.0 Å². The maximum absolute atomic E-state index is 12.9. The maximum Gasteiger partial charge on any atom is 0.253 e. The van der Waals surface area contributed by atoms with Crippen molar-refractivity contribution in [2.45, 2.75) is 39.2 Å². The number of methoxy groups -OCH3 is 1. The fourth-order valence-electron chi connectivity index (χ4n) is 4.07. The van der Waals surface area contributed by atoms with Gasteiger partial charge in [0, 0.05) is 66.1 Å². The van der Waals surface area contributed by atoms with Crippen molar-refractivity contribution in [3.8, 4) is 22.3 Å². The Balaban J connectivity index is 1.60. The van der Waals surface area contributed by atoms with Crippen LogP contribution in [0.4, 0.5) is 0 Å². The van der Waals surface area contributed by atoms with Crippen LogP contribution in [0.25, 0.3) is 22.3 Å². The molecule has 3 aromatic rings. The Morgan fingerprint density at radius 1 is 1.06 bits per heavy atom. The zero-order valence-electron chi connectivity index (χ0n) is 19.6. The molecule has 33 heavy (non-hydrogen) atoms. The first-order chi connectivity index (χ1) is 15.8. The number of likely N-dealkylation sites (tertiary alicyclic amines) is 1. The number of carbonyl (C=O) groups excluding carboxylic acids is 1. The van der Waals surface area contributed by atoms with Gasteiger partial charge in [-0.1, -0.05) is 24.6 Å². The molecule has 0 spiro atoms. The summed E-state index contributed by atoms with van der Waals surface area (Å²) in [7, 11) is 1.68. The highest BCUT2D eigenvalue weighted by molar-refractivity contribution is 6.33. The Kier molecular flexibility index (Phi) is 6.82. The van der Waals surface area contributed by atoms with Crippen molar-refractivity contribution < 1.29 is 9.53 Å². The van der Waals surface area contributed by atoms with Gasteiger partial charge in [-0.3, -0.25) is 14.8 Å². The van der Waals surface area contributed by atoms with E-state index in [1.54, 1.807) is 25.6 Å². The molecule has 1 amide bonds. The summed E-state index contributed by atoms with van der Waals surface area (Å²) in [4.78, 5) is 23.8. The Morgan fingerprint density at radius 3 is 2.48 bits per heavy atom. The predicted octanol–water partition coefficient (Wildman–Crippen LogP) is 6.22. The molecule has 0 radical (unpaired) electrons. The van der Waals surface area contributed by atoms with Crippen LogP contribution in [-0.4, -0.2) is 41.0 Å². The second-order valence-corrected chi connectivity index (χ2v) is 9.68. The average molecular weight is 464 g/mol. The number of piperidine rings is 1. The predicted molar refractivity (Wildman–Crippen MR) is 132 cm³/mol. The standard InChI is InChI=1S/C27H30ClN3O2/c1-18-8-11-31(12-9-18)26(32)20-5-6-23(24(28)14-20)22-13-21(16-29-17-22)19-7-10-30-25(15-19)27(2,3)33-4/h5-7,10,13-18H,8-9,11-12H2,1-4H3. The van der Waals surface area contributed by atoms with E-state index in [1.165, 1.54) is 0 Å². The Morgan fingerprint density at radius 2 is 1.79 bits per heavy atom. The topological polar surface area (TPSA) is 55.3 Å². The monoisotopic (exact) mass is 463 g/mol. The Labute approximate surface area is 200 Å². The summed E-state index contributed by atoms with van der Waals surface area (Å²) in [6.45, 7) is 7.82.